The van der Waals surface area contributed by atoms with E-state index in [2.05, 4.69) is 10.0 Å². The largest absolute Gasteiger partial charge is 0.378 e. The molecule has 36 heavy (non-hydrogen) atoms. The average Bonchev–Trinajstić information content (AvgIpc) is 2.89. The Morgan fingerprint density at radius 1 is 0.389 bits per heavy atom. The highest BCUT2D eigenvalue weighted by molar-refractivity contribution is 4.39. The summed E-state index contributed by atoms with van der Waals surface area (Å²) in [6, 6.07) is 0. The number of nitrogens with zero attached hydrogens (tertiary/aromatic N) is 2. The predicted molar refractivity (Wildman–Crippen MR) is 129 cm³/mol. The predicted octanol–water partition coefficient (Wildman–Crippen LogP) is -0.339. The van der Waals surface area contributed by atoms with Crippen molar-refractivity contribution in [1.29, 1.82) is 5.53 Å². The van der Waals surface area contributed by atoms with Gasteiger partial charge >= 0.3 is 0 Å². The molecule has 0 heterocycles. The Labute approximate surface area is 214 Å². The van der Waals surface area contributed by atoms with Crippen molar-refractivity contribution in [3.63, 3.8) is 0 Å². The van der Waals surface area contributed by atoms with Gasteiger partial charge in [0.05, 0.1) is 132 Å². The van der Waals surface area contributed by atoms with Crippen LogP contribution in [-0.4, -0.2) is 145 Å². The normalized spacial score (nSPS) is 11.1. The highest BCUT2D eigenvalue weighted by Crippen LogP contribution is 1.86. The summed E-state index contributed by atoms with van der Waals surface area (Å²) in [5, 5.41) is 3.48. The van der Waals surface area contributed by atoms with E-state index in [4.69, 9.17) is 58.6 Å². The number of hydrogen-bond donors (Lipinski definition) is 2. The van der Waals surface area contributed by atoms with Crippen LogP contribution in [-0.2, 0) is 47.4 Å². The molecule has 0 saturated heterocycles. The molecule has 0 aromatic heterocycles. The minimum absolute atomic E-state index is 0.393. The van der Waals surface area contributed by atoms with E-state index in [0.717, 1.165) is 0 Å². The van der Waals surface area contributed by atoms with Crippen LogP contribution in [0.25, 0.3) is 0 Å². The van der Waals surface area contributed by atoms with Crippen LogP contribution < -0.4 is 10.6 Å². The zero-order chi connectivity index (χ0) is 26.0. The molecule has 0 unspecified atom stereocenters. The Morgan fingerprint density at radius 3 is 0.833 bits per heavy atom. The van der Waals surface area contributed by atoms with E-state index in [0.29, 0.717) is 145 Å². The van der Waals surface area contributed by atoms with Gasteiger partial charge in [0.2, 0.25) is 4.91 Å². The smallest absolute Gasteiger partial charge is 0.214 e. The summed E-state index contributed by atoms with van der Waals surface area (Å²) in [5.74, 6) is 0. The fourth-order valence-corrected chi connectivity index (χ4v) is 2.32. The number of ether oxygens (including phenoxy) is 10. The van der Waals surface area contributed by atoms with Gasteiger partial charge in [-0.15, -0.1) is 0 Å². The van der Waals surface area contributed by atoms with E-state index in [-0.39, 0.29) is 0 Å². The fraction of sp³-hybridized carbons (Fsp3) is 1.00. The van der Waals surface area contributed by atoms with Crippen LogP contribution >= 0.6 is 0 Å². The molecule has 0 spiro atoms. The van der Waals surface area contributed by atoms with Gasteiger partial charge in [0, 0.05) is 6.54 Å². The molecule has 0 amide bonds. The number of hydrogen-bond acceptors (Lipinski definition) is 13. The maximum Gasteiger partial charge on any atom is 0.214 e. The molecular weight excluding hydrogens is 480 g/mol. The van der Waals surface area contributed by atoms with Gasteiger partial charge in [0.25, 0.3) is 0 Å². The lowest BCUT2D eigenvalue weighted by molar-refractivity contribution is -0.0262. The van der Waals surface area contributed by atoms with Crippen LogP contribution in [0.1, 0.15) is 0 Å². The monoisotopic (exact) mass is 527 g/mol. The van der Waals surface area contributed by atoms with E-state index >= 15 is 0 Å². The zero-order valence-corrected chi connectivity index (χ0v) is 21.6. The van der Waals surface area contributed by atoms with Crippen LogP contribution in [0.15, 0.2) is 5.11 Å². The van der Waals surface area contributed by atoms with Crippen molar-refractivity contribution in [2.75, 3.05) is 145 Å². The maximum atomic E-state index is 6.49. The molecule has 0 atom stereocenters. The minimum Gasteiger partial charge on any atom is -0.378 e. The molecule has 3 N–H and O–H groups in total. The van der Waals surface area contributed by atoms with E-state index < -0.39 is 0 Å². The van der Waals surface area contributed by atoms with Crippen molar-refractivity contribution < 1.29 is 47.4 Å². The van der Waals surface area contributed by atoms with Gasteiger partial charge in [-0.2, -0.15) is 0 Å². The molecular formula is C22H47N4O10+. The topological polar surface area (TPSA) is 169 Å². The zero-order valence-electron chi connectivity index (χ0n) is 21.6. The summed E-state index contributed by atoms with van der Waals surface area (Å²) in [4.78, 5) is 2.89. The molecule has 14 heteroatoms. The SMILES string of the molecule is N=[N+]=NCCOCCOCCOCCOCCOCCOCCOCCOCCOCCOCCN. The van der Waals surface area contributed by atoms with Crippen LogP contribution in [0.3, 0.4) is 0 Å². The third-order valence-corrected chi connectivity index (χ3v) is 4.02. The van der Waals surface area contributed by atoms with Crippen molar-refractivity contribution in [2.24, 2.45) is 10.8 Å². The van der Waals surface area contributed by atoms with Crippen LogP contribution in [0, 0.1) is 5.53 Å². The molecule has 0 aliphatic carbocycles. The second-order valence-corrected chi connectivity index (χ2v) is 6.88. The van der Waals surface area contributed by atoms with E-state index in [1.54, 1.807) is 0 Å². The first kappa shape index (κ1) is 34.9. The Balaban J connectivity index is 3.02. The maximum absolute atomic E-state index is 6.49. The Morgan fingerprint density at radius 2 is 0.611 bits per heavy atom. The Bertz CT molecular complexity index is 463. The number of nitrogens with one attached hydrogen (secondary N) is 1. The van der Waals surface area contributed by atoms with Gasteiger partial charge < -0.3 is 53.1 Å². The number of rotatable bonds is 32. The van der Waals surface area contributed by atoms with E-state index in [9.17, 15) is 0 Å². The van der Waals surface area contributed by atoms with Crippen molar-refractivity contribution in [3.05, 3.63) is 0 Å². The molecule has 0 aromatic carbocycles. The molecule has 0 bridgehead atoms. The van der Waals surface area contributed by atoms with E-state index in [1.807, 2.05) is 0 Å². The summed E-state index contributed by atoms with van der Waals surface area (Å²) >= 11 is 0. The molecule has 0 radical (unpaired) electrons. The lowest BCUT2D eigenvalue weighted by Crippen LogP contribution is -2.15. The van der Waals surface area contributed by atoms with Crippen molar-refractivity contribution in [1.82, 2.24) is 4.91 Å². The molecule has 0 saturated carbocycles. The minimum atomic E-state index is 0.393. The molecule has 0 aromatic rings. The second kappa shape index (κ2) is 33.9. The van der Waals surface area contributed by atoms with Crippen molar-refractivity contribution in [2.45, 2.75) is 0 Å². The third-order valence-electron chi connectivity index (χ3n) is 4.02. The molecule has 14 nitrogen and oxygen atoms in total. The summed E-state index contributed by atoms with van der Waals surface area (Å²) < 4.78 is 53.7. The summed E-state index contributed by atoms with van der Waals surface area (Å²) in [6.07, 6.45) is 0. The van der Waals surface area contributed by atoms with Gasteiger partial charge in [-0.05, 0) is 0 Å². The van der Waals surface area contributed by atoms with Crippen LogP contribution in [0.5, 0.6) is 0 Å². The van der Waals surface area contributed by atoms with Crippen molar-refractivity contribution in [3.8, 4) is 0 Å². The molecule has 214 valence electrons. The first-order chi connectivity index (χ1) is 17.9. The van der Waals surface area contributed by atoms with Gasteiger partial charge in [0.15, 0.2) is 0 Å². The van der Waals surface area contributed by atoms with Gasteiger partial charge in [-0.1, -0.05) is 0 Å². The standard InChI is InChI=1S/C22H47N4O10/c23-1-3-27-5-7-29-9-11-31-13-15-33-17-19-35-21-22-36-20-18-34-16-14-32-12-10-30-8-6-28-4-2-25-26-24/h24H,1-23H2/q+1. The highest BCUT2D eigenvalue weighted by atomic mass is 16.6. The average molecular weight is 528 g/mol. The van der Waals surface area contributed by atoms with Gasteiger partial charge in [-0.3, -0.25) is 0 Å². The first-order valence-corrected chi connectivity index (χ1v) is 12.4. The lowest BCUT2D eigenvalue weighted by Gasteiger charge is -2.09. The van der Waals surface area contributed by atoms with Crippen LogP contribution in [0.2, 0.25) is 0 Å². The molecule has 0 aliphatic rings. The third kappa shape index (κ3) is 32.9. The second-order valence-electron chi connectivity index (χ2n) is 6.88. The van der Waals surface area contributed by atoms with Crippen molar-refractivity contribution >= 4 is 0 Å². The van der Waals surface area contributed by atoms with Gasteiger partial charge in [0.1, 0.15) is 17.2 Å². The molecule has 0 aliphatic heterocycles. The van der Waals surface area contributed by atoms with E-state index in [1.165, 1.54) is 0 Å². The Hall–Kier alpha value is -1.13. The Kier molecular flexibility index (Phi) is 32.8. The summed E-state index contributed by atoms with van der Waals surface area (Å²) in [5.41, 5.74) is 11.8. The molecule has 0 fully saturated rings. The first-order valence-electron chi connectivity index (χ1n) is 12.4. The summed E-state index contributed by atoms with van der Waals surface area (Å²) in [6.45, 7) is 11.2. The van der Waals surface area contributed by atoms with Crippen LogP contribution in [0.4, 0.5) is 0 Å². The van der Waals surface area contributed by atoms with Gasteiger partial charge in [-0.25, -0.2) is 0 Å². The quantitative estimate of drug-likeness (QED) is 0.0667. The summed E-state index contributed by atoms with van der Waals surface area (Å²) in [7, 11) is 0. The lowest BCUT2D eigenvalue weighted by atomic mass is 10.6. The highest BCUT2D eigenvalue weighted by Gasteiger charge is 1.96. The fourth-order valence-electron chi connectivity index (χ4n) is 2.32. The number of nitrogens with two attached hydrogens (primary N) is 1. The molecule has 0 rings (SSSR count).